The van der Waals surface area contributed by atoms with E-state index in [9.17, 15) is 45.3 Å². The normalized spacial score (nSPS) is 20.4. The molecular weight excluding hydrogens is 540 g/mol. The topological polar surface area (TPSA) is 216 Å². The van der Waals surface area contributed by atoms with Crippen LogP contribution in [0.3, 0.4) is 0 Å². The highest BCUT2D eigenvalue weighted by atomic mass is 16.6. The number of aromatic hydroxyl groups is 3. The van der Waals surface area contributed by atoms with Crippen LogP contribution in [0.15, 0.2) is 36.5 Å². The van der Waals surface area contributed by atoms with Gasteiger partial charge < -0.3 is 56.0 Å². The van der Waals surface area contributed by atoms with Gasteiger partial charge in [0.05, 0.1) is 18.9 Å². The van der Waals surface area contributed by atoms with Gasteiger partial charge in [-0.25, -0.2) is 0 Å². The van der Waals surface area contributed by atoms with Gasteiger partial charge in [0.25, 0.3) is 11.7 Å². The molecule has 0 radical (unpaired) electrons. The molecule has 2 saturated heterocycles. The van der Waals surface area contributed by atoms with Crippen molar-refractivity contribution >= 4 is 18.0 Å². The predicted molar refractivity (Wildman–Crippen MR) is 143 cm³/mol. The number of rotatable bonds is 9. The number of piperidine rings is 1. The van der Waals surface area contributed by atoms with Crippen LogP contribution in [0.1, 0.15) is 22.3 Å². The summed E-state index contributed by atoms with van der Waals surface area (Å²) in [7, 11) is 0. The Hall–Kier alpha value is -3.92. The molecule has 1 atom stereocenters. The maximum absolute atomic E-state index is 12.2. The molecule has 0 aromatic heterocycles. The Labute approximate surface area is 235 Å². The Morgan fingerprint density at radius 1 is 1.12 bits per heavy atom. The van der Waals surface area contributed by atoms with Crippen molar-refractivity contribution in [3.63, 3.8) is 0 Å². The van der Waals surface area contributed by atoms with Gasteiger partial charge in [-0.2, -0.15) is 0 Å². The van der Waals surface area contributed by atoms with Crippen LogP contribution in [0.4, 0.5) is 5.69 Å². The number of carbonyl (C=O) groups is 2. The van der Waals surface area contributed by atoms with E-state index in [2.05, 4.69) is 16.8 Å². The number of ether oxygens (including phenoxy) is 1. The minimum Gasteiger partial charge on any atom is -0.504 e. The molecule has 0 bridgehead atoms. The molecule has 0 saturated carbocycles. The monoisotopic (exact) mass is 574 g/mol. The quantitative estimate of drug-likeness (QED) is 0.0754. The maximum atomic E-state index is 12.2. The molecular formula is C27H34N4O10. The summed E-state index contributed by atoms with van der Waals surface area (Å²) in [6.45, 7) is 8.14. The van der Waals surface area contributed by atoms with Gasteiger partial charge in [-0.1, -0.05) is 30.8 Å². The highest BCUT2D eigenvalue weighted by molar-refractivity contribution is 5.88. The Bertz CT molecular complexity index is 1340. The summed E-state index contributed by atoms with van der Waals surface area (Å²) in [6.07, 6.45) is 0.143. The fourth-order valence-electron chi connectivity index (χ4n) is 5.02. The molecule has 0 aliphatic carbocycles. The standard InChI is InChI=1S/C27H34N4O10/c1-15-19(13-31(14-32)24-16(2)29-25(36)27(39,40)26(24,37)38)20(22(34)23(35)21(15)33)28-11-17-4-3-5-18(10-17)12-30-6-8-41-9-7-30/h3-5,10,14,24,28,33-35,37-40H,2,6-9,11-13H2,1H3,(H,29,36). The number of morpholine rings is 1. The van der Waals surface area contributed by atoms with E-state index in [0.29, 0.717) is 24.7 Å². The average Bonchev–Trinajstić information content (AvgIpc) is 2.93. The van der Waals surface area contributed by atoms with Crippen LogP contribution >= 0.6 is 0 Å². The van der Waals surface area contributed by atoms with E-state index < -0.39 is 53.0 Å². The van der Waals surface area contributed by atoms with Crippen LogP contribution in [0, 0.1) is 6.92 Å². The van der Waals surface area contributed by atoms with Gasteiger partial charge in [-0.15, -0.1) is 0 Å². The van der Waals surface area contributed by atoms with E-state index in [0.717, 1.165) is 24.2 Å². The van der Waals surface area contributed by atoms with Crippen LogP contribution in [0.5, 0.6) is 17.2 Å². The first-order valence-corrected chi connectivity index (χ1v) is 12.8. The lowest BCUT2D eigenvalue weighted by Crippen LogP contribution is -2.75. The third kappa shape index (κ3) is 5.66. The van der Waals surface area contributed by atoms with E-state index in [1.807, 2.05) is 29.6 Å². The molecule has 2 heterocycles. The first-order valence-electron chi connectivity index (χ1n) is 12.8. The Morgan fingerprint density at radius 2 is 1.78 bits per heavy atom. The van der Waals surface area contributed by atoms with Crippen molar-refractivity contribution in [2.45, 2.75) is 44.2 Å². The second-order valence-corrected chi connectivity index (χ2v) is 10.1. The Morgan fingerprint density at radius 3 is 2.44 bits per heavy atom. The van der Waals surface area contributed by atoms with Crippen molar-refractivity contribution in [3.8, 4) is 17.2 Å². The second-order valence-electron chi connectivity index (χ2n) is 10.1. The molecule has 0 spiro atoms. The number of carbonyl (C=O) groups excluding carboxylic acids is 2. The molecule has 2 fully saturated rings. The lowest BCUT2D eigenvalue weighted by molar-refractivity contribution is -0.356. The summed E-state index contributed by atoms with van der Waals surface area (Å²) in [6, 6.07) is 5.71. The van der Waals surface area contributed by atoms with Crippen LogP contribution in [-0.2, 0) is 34.0 Å². The molecule has 14 nitrogen and oxygen atoms in total. The van der Waals surface area contributed by atoms with Gasteiger partial charge in [-0.05, 0) is 18.1 Å². The number of nitrogens with zero attached hydrogens (tertiary/aromatic N) is 2. The smallest absolute Gasteiger partial charge is 0.303 e. The van der Waals surface area contributed by atoms with Crippen molar-refractivity contribution in [2.75, 3.05) is 31.6 Å². The summed E-state index contributed by atoms with van der Waals surface area (Å²) < 4.78 is 5.39. The highest BCUT2D eigenvalue weighted by Gasteiger charge is 2.64. The van der Waals surface area contributed by atoms with Gasteiger partial charge in [0.15, 0.2) is 11.5 Å². The van der Waals surface area contributed by atoms with E-state index in [1.54, 1.807) is 0 Å². The van der Waals surface area contributed by atoms with Gasteiger partial charge in [-0.3, -0.25) is 14.5 Å². The zero-order valence-electron chi connectivity index (χ0n) is 22.4. The number of phenolic OH excluding ortho intramolecular Hbond substituents is 3. The summed E-state index contributed by atoms with van der Waals surface area (Å²) in [5.74, 6) is -11.1. The van der Waals surface area contributed by atoms with Crippen LogP contribution in [-0.4, -0.2) is 102 Å². The van der Waals surface area contributed by atoms with E-state index in [1.165, 1.54) is 6.92 Å². The molecule has 2 aromatic rings. The van der Waals surface area contributed by atoms with Crippen molar-refractivity contribution in [1.82, 2.24) is 15.1 Å². The summed E-state index contributed by atoms with van der Waals surface area (Å²) in [4.78, 5) is 27.0. The number of amides is 2. The SMILES string of the molecule is C=C1NC(=O)C(O)(O)C(O)(O)C1N(C=O)Cc1c(C)c(O)c(O)c(O)c1NCc1cccc(CN2CCOCC2)c1. The molecule has 2 aliphatic heterocycles. The molecule has 222 valence electrons. The van der Waals surface area contributed by atoms with Gasteiger partial charge in [0.2, 0.25) is 12.2 Å². The zero-order valence-corrected chi connectivity index (χ0v) is 22.4. The van der Waals surface area contributed by atoms with Gasteiger partial charge in [0.1, 0.15) is 6.04 Å². The van der Waals surface area contributed by atoms with E-state index in [-0.39, 0.29) is 29.8 Å². The lowest BCUT2D eigenvalue weighted by Gasteiger charge is -2.47. The predicted octanol–water partition coefficient (Wildman–Crippen LogP) is -1.11. The minimum atomic E-state index is -3.71. The highest BCUT2D eigenvalue weighted by Crippen LogP contribution is 2.47. The first-order chi connectivity index (χ1) is 19.3. The number of hydrogen-bond acceptors (Lipinski definition) is 12. The van der Waals surface area contributed by atoms with Crippen molar-refractivity contribution in [1.29, 1.82) is 0 Å². The minimum absolute atomic E-state index is 0.0296. The Balaban J connectivity index is 1.63. The average molecular weight is 575 g/mol. The van der Waals surface area contributed by atoms with Crippen molar-refractivity contribution in [3.05, 3.63) is 58.8 Å². The number of hydrogen-bond donors (Lipinski definition) is 9. The number of nitrogens with one attached hydrogen (secondary N) is 2. The van der Waals surface area contributed by atoms with Crippen LogP contribution in [0.2, 0.25) is 0 Å². The van der Waals surface area contributed by atoms with Crippen molar-refractivity contribution < 1.29 is 50.1 Å². The molecule has 1 unspecified atom stereocenters. The third-order valence-corrected chi connectivity index (χ3v) is 7.39. The lowest BCUT2D eigenvalue weighted by atomic mass is 9.88. The number of anilines is 1. The zero-order chi connectivity index (χ0) is 30.1. The number of phenols is 3. The van der Waals surface area contributed by atoms with Crippen molar-refractivity contribution in [2.24, 2.45) is 0 Å². The molecule has 2 aromatic carbocycles. The second kappa shape index (κ2) is 11.5. The summed E-state index contributed by atoms with van der Waals surface area (Å²) >= 11 is 0. The molecule has 2 aliphatic rings. The molecule has 14 heteroatoms. The number of aliphatic hydroxyl groups is 4. The first kappa shape index (κ1) is 30.0. The van der Waals surface area contributed by atoms with Gasteiger partial charge >= 0.3 is 5.79 Å². The number of benzene rings is 2. The maximum Gasteiger partial charge on any atom is 0.303 e. The molecule has 41 heavy (non-hydrogen) atoms. The van der Waals surface area contributed by atoms with Crippen LogP contribution < -0.4 is 10.6 Å². The van der Waals surface area contributed by atoms with E-state index >= 15 is 0 Å². The van der Waals surface area contributed by atoms with E-state index in [4.69, 9.17) is 4.74 Å². The summed E-state index contributed by atoms with van der Waals surface area (Å²) in [5.41, 5.74) is 1.44. The fraction of sp³-hybridized carbons (Fsp3) is 0.407. The third-order valence-electron chi connectivity index (χ3n) is 7.39. The van der Waals surface area contributed by atoms with Crippen LogP contribution in [0.25, 0.3) is 0 Å². The molecule has 2 amide bonds. The summed E-state index contributed by atoms with van der Waals surface area (Å²) in [5, 5.41) is 77.7. The Kier molecular flexibility index (Phi) is 8.44. The van der Waals surface area contributed by atoms with Gasteiger partial charge in [0, 0.05) is 49.5 Å². The fourth-order valence-corrected chi connectivity index (χ4v) is 5.02. The molecule has 9 N–H and O–H groups in total. The largest absolute Gasteiger partial charge is 0.504 e. The molecule has 4 rings (SSSR count).